The van der Waals surface area contributed by atoms with Gasteiger partial charge in [-0.3, -0.25) is 0 Å². The summed E-state index contributed by atoms with van der Waals surface area (Å²) in [6, 6.07) is 0. The van der Waals surface area contributed by atoms with Crippen LogP contribution in [0.4, 0.5) is 0 Å². The second kappa shape index (κ2) is 3.36. The average Bonchev–Trinajstić information content (AvgIpc) is 2.80. The van der Waals surface area contributed by atoms with Gasteiger partial charge in [0.1, 0.15) is 0 Å². The fourth-order valence-electron chi connectivity index (χ4n) is 4.97. The number of hydrogen-bond donors (Lipinski definition) is 2. The summed E-state index contributed by atoms with van der Waals surface area (Å²) in [6.07, 6.45) is 4.02. The van der Waals surface area contributed by atoms with E-state index in [1.165, 1.54) is 0 Å². The van der Waals surface area contributed by atoms with E-state index in [9.17, 15) is 10.2 Å². The quantitative estimate of drug-likeness (QED) is 0.686. The summed E-state index contributed by atoms with van der Waals surface area (Å²) >= 11 is 0. The van der Waals surface area contributed by atoms with Crippen molar-refractivity contribution < 1.29 is 10.2 Å². The van der Waals surface area contributed by atoms with Crippen LogP contribution in [0.25, 0.3) is 0 Å². The van der Waals surface area contributed by atoms with Gasteiger partial charge in [-0.15, -0.1) is 0 Å². The number of hydrogen-bond acceptors (Lipinski definition) is 2. The van der Waals surface area contributed by atoms with Crippen molar-refractivity contribution in [2.24, 2.45) is 29.1 Å². The topological polar surface area (TPSA) is 40.5 Å². The van der Waals surface area contributed by atoms with E-state index in [0.717, 1.165) is 31.3 Å². The van der Waals surface area contributed by atoms with Crippen LogP contribution in [-0.4, -0.2) is 22.4 Å². The monoisotopic (exact) mass is 236 g/mol. The normalized spacial score (nSPS) is 57.3. The molecule has 0 spiro atoms. The summed E-state index contributed by atoms with van der Waals surface area (Å²) in [5, 5.41) is 20.6. The molecule has 96 valence electrons. The van der Waals surface area contributed by atoms with Gasteiger partial charge < -0.3 is 10.2 Å². The molecule has 3 rings (SSSR count). The van der Waals surface area contributed by atoms with Crippen LogP contribution in [0.1, 0.15) is 39.5 Å². The SMILES string of the molecule is C=C1CC[C@@H]2[C@H](C3[C@H](C)CC[C@@]13O)[C@@]2(C)CO. The Kier molecular flexibility index (Phi) is 2.32. The van der Waals surface area contributed by atoms with E-state index in [4.69, 9.17) is 0 Å². The molecule has 2 heteroatoms. The van der Waals surface area contributed by atoms with E-state index in [1.807, 2.05) is 0 Å². The average molecular weight is 236 g/mol. The van der Waals surface area contributed by atoms with Crippen molar-refractivity contribution in [3.8, 4) is 0 Å². The van der Waals surface area contributed by atoms with Crippen molar-refractivity contribution in [3.05, 3.63) is 12.2 Å². The molecule has 3 fully saturated rings. The van der Waals surface area contributed by atoms with Crippen molar-refractivity contribution >= 4 is 0 Å². The van der Waals surface area contributed by atoms with E-state index in [-0.39, 0.29) is 12.0 Å². The van der Waals surface area contributed by atoms with E-state index in [2.05, 4.69) is 20.4 Å². The third-order valence-corrected chi connectivity index (χ3v) is 6.18. The summed E-state index contributed by atoms with van der Waals surface area (Å²) in [5.74, 6) is 2.01. The van der Waals surface area contributed by atoms with Crippen LogP contribution >= 0.6 is 0 Å². The first-order chi connectivity index (χ1) is 7.95. The van der Waals surface area contributed by atoms with Crippen molar-refractivity contribution in [3.63, 3.8) is 0 Å². The molecule has 0 aromatic heterocycles. The largest absolute Gasteiger partial charge is 0.396 e. The van der Waals surface area contributed by atoms with Gasteiger partial charge in [0.15, 0.2) is 0 Å². The first kappa shape index (κ1) is 11.7. The minimum atomic E-state index is -0.633. The Morgan fingerprint density at radius 1 is 1.35 bits per heavy atom. The van der Waals surface area contributed by atoms with Gasteiger partial charge in [0.2, 0.25) is 0 Å². The van der Waals surface area contributed by atoms with E-state index < -0.39 is 5.60 Å². The molecule has 2 N–H and O–H groups in total. The smallest absolute Gasteiger partial charge is 0.0887 e. The molecule has 0 aromatic rings. The van der Waals surface area contributed by atoms with Gasteiger partial charge in [-0.2, -0.15) is 0 Å². The zero-order valence-corrected chi connectivity index (χ0v) is 10.9. The second-order valence-electron chi connectivity index (χ2n) is 6.90. The lowest BCUT2D eigenvalue weighted by atomic mass is 9.76. The van der Waals surface area contributed by atoms with Gasteiger partial charge in [0, 0.05) is 6.61 Å². The Bertz CT molecular complexity index is 364. The van der Waals surface area contributed by atoms with Gasteiger partial charge in [0.05, 0.1) is 5.60 Å². The van der Waals surface area contributed by atoms with Crippen LogP contribution in [0.3, 0.4) is 0 Å². The standard InChI is InChI=1S/C15H24O2/c1-9-6-7-15(17)10(2)4-5-11-13(12(9)15)14(11,3)8-16/h9,11-13,16-17H,2,4-8H2,1,3H3/t9-,11-,12?,13-,14+,15-/m1/s1. The molecule has 1 unspecified atom stereocenters. The summed E-state index contributed by atoms with van der Waals surface area (Å²) in [5.41, 5.74) is 0.489. The number of fused-ring (bicyclic) bond motifs is 3. The minimum absolute atomic E-state index is 0.0674. The molecular formula is C15H24O2. The van der Waals surface area contributed by atoms with Crippen LogP contribution < -0.4 is 0 Å². The van der Waals surface area contributed by atoms with E-state index in [0.29, 0.717) is 23.7 Å². The molecule has 3 aliphatic carbocycles. The highest BCUT2D eigenvalue weighted by Crippen LogP contribution is 2.71. The van der Waals surface area contributed by atoms with Crippen LogP contribution in [-0.2, 0) is 0 Å². The maximum absolute atomic E-state index is 11.0. The highest BCUT2D eigenvalue weighted by Gasteiger charge is 2.69. The molecule has 0 radical (unpaired) electrons. The third-order valence-electron chi connectivity index (χ3n) is 6.18. The van der Waals surface area contributed by atoms with Gasteiger partial charge in [-0.25, -0.2) is 0 Å². The molecule has 0 bridgehead atoms. The molecule has 2 nitrogen and oxygen atoms in total. The zero-order valence-electron chi connectivity index (χ0n) is 10.9. The molecule has 0 saturated heterocycles. The Hall–Kier alpha value is -0.340. The summed E-state index contributed by atoms with van der Waals surface area (Å²) in [4.78, 5) is 0. The lowest BCUT2D eigenvalue weighted by Crippen LogP contribution is -2.39. The first-order valence-electron chi connectivity index (χ1n) is 6.96. The lowest BCUT2D eigenvalue weighted by molar-refractivity contribution is 0.00940. The number of aliphatic hydroxyl groups excluding tert-OH is 1. The predicted octanol–water partition coefficient (Wildman–Crippen LogP) is 2.36. The van der Waals surface area contributed by atoms with Crippen LogP contribution in [0, 0.1) is 29.1 Å². The van der Waals surface area contributed by atoms with Crippen molar-refractivity contribution in [2.75, 3.05) is 6.61 Å². The Morgan fingerprint density at radius 2 is 2.06 bits per heavy atom. The number of rotatable bonds is 1. The molecule has 0 aromatic carbocycles. The highest BCUT2D eigenvalue weighted by molar-refractivity contribution is 5.28. The van der Waals surface area contributed by atoms with Crippen molar-refractivity contribution in [2.45, 2.75) is 45.1 Å². The highest BCUT2D eigenvalue weighted by atomic mass is 16.3. The molecule has 6 atom stereocenters. The van der Waals surface area contributed by atoms with Gasteiger partial charge in [-0.1, -0.05) is 20.4 Å². The minimum Gasteiger partial charge on any atom is -0.396 e. The molecule has 3 aliphatic rings. The predicted molar refractivity (Wildman–Crippen MR) is 67.4 cm³/mol. The molecule has 17 heavy (non-hydrogen) atoms. The van der Waals surface area contributed by atoms with Crippen molar-refractivity contribution in [1.82, 2.24) is 0 Å². The summed E-state index contributed by atoms with van der Waals surface area (Å²) < 4.78 is 0. The molecular weight excluding hydrogens is 212 g/mol. The summed E-state index contributed by atoms with van der Waals surface area (Å²) in [7, 11) is 0. The molecule has 0 amide bonds. The van der Waals surface area contributed by atoms with Crippen LogP contribution in [0.5, 0.6) is 0 Å². The summed E-state index contributed by atoms with van der Waals surface area (Å²) in [6.45, 7) is 8.87. The van der Waals surface area contributed by atoms with Gasteiger partial charge >= 0.3 is 0 Å². The Balaban J connectivity index is 1.99. The first-order valence-corrected chi connectivity index (χ1v) is 6.96. The molecule has 3 saturated carbocycles. The molecule has 0 heterocycles. The van der Waals surface area contributed by atoms with E-state index >= 15 is 0 Å². The lowest BCUT2D eigenvalue weighted by Gasteiger charge is -2.34. The van der Waals surface area contributed by atoms with Crippen LogP contribution in [0.2, 0.25) is 0 Å². The molecule has 0 aliphatic heterocycles. The fourth-order valence-corrected chi connectivity index (χ4v) is 4.97. The number of aliphatic hydroxyl groups is 2. The maximum atomic E-state index is 11.0. The van der Waals surface area contributed by atoms with E-state index in [1.54, 1.807) is 0 Å². The zero-order chi connectivity index (χ0) is 12.4. The Labute approximate surface area is 104 Å². The fraction of sp³-hybridized carbons (Fsp3) is 0.867. The van der Waals surface area contributed by atoms with Crippen LogP contribution in [0.15, 0.2) is 12.2 Å². The van der Waals surface area contributed by atoms with Gasteiger partial charge in [0.25, 0.3) is 0 Å². The Morgan fingerprint density at radius 3 is 2.71 bits per heavy atom. The maximum Gasteiger partial charge on any atom is 0.0887 e. The second-order valence-corrected chi connectivity index (χ2v) is 6.90. The van der Waals surface area contributed by atoms with Crippen molar-refractivity contribution in [1.29, 1.82) is 0 Å². The third kappa shape index (κ3) is 1.29. The van der Waals surface area contributed by atoms with Gasteiger partial charge in [-0.05, 0) is 60.3 Å².